The molecule has 0 atom stereocenters. The topological polar surface area (TPSA) is 26.3 Å². The summed E-state index contributed by atoms with van der Waals surface area (Å²) in [4.78, 5) is 12.3. The van der Waals surface area contributed by atoms with E-state index in [2.05, 4.69) is 15.9 Å². The lowest BCUT2D eigenvalue weighted by molar-refractivity contribution is 0.103. The zero-order valence-electron chi connectivity index (χ0n) is 10.8. The summed E-state index contributed by atoms with van der Waals surface area (Å²) >= 11 is 3.22. The first-order chi connectivity index (χ1) is 9.45. The van der Waals surface area contributed by atoms with Gasteiger partial charge >= 0.3 is 0 Å². The average molecular weight is 341 g/mol. The quantitative estimate of drug-likeness (QED) is 0.779. The van der Waals surface area contributed by atoms with Crippen LogP contribution in [0.1, 0.15) is 21.5 Å². The Morgan fingerprint density at radius 1 is 1.10 bits per heavy atom. The van der Waals surface area contributed by atoms with E-state index in [0.717, 1.165) is 0 Å². The molecule has 0 fully saturated rings. The van der Waals surface area contributed by atoms with Crippen LogP contribution < -0.4 is 4.74 Å². The summed E-state index contributed by atoms with van der Waals surface area (Å²) in [5.41, 5.74) is 0.0670. The monoisotopic (exact) mass is 340 g/mol. The van der Waals surface area contributed by atoms with Gasteiger partial charge in [0.25, 0.3) is 0 Å². The fourth-order valence-corrected chi connectivity index (χ4v) is 2.20. The molecule has 0 radical (unpaired) electrons. The first-order valence-corrected chi connectivity index (χ1v) is 6.58. The smallest absolute Gasteiger partial charge is 0.197 e. The van der Waals surface area contributed by atoms with Crippen LogP contribution in [0.4, 0.5) is 8.78 Å². The van der Waals surface area contributed by atoms with Crippen LogP contribution in [0.15, 0.2) is 34.8 Å². The fourth-order valence-electron chi connectivity index (χ4n) is 1.77. The molecular weight excluding hydrogens is 330 g/mol. The molecule has 0 amide bonds. The van der Waals surface area contributed by atoms with Gasteiger partial charge in [-0.15, -0.1) is 0 Å². The van der Waals surface area contributed by atoms with Gasteiger partial charge in [0.2, 0.25) is 0 Å². The summed E-state index contributed by atoms with van der Waals surface area (Å²) in [5.74, 6) is -2.28. The second-order valence-electron chi connectivity index (χ2n) is 4.23. The number of rotatable bonds is 3. The highest BCUT2D eigenvalue weighted by atomic mass is 79.9. The Balaban J connectivity index is 2.54. The molecule has 2 rings (SSSR count). The lowest BCUT2D eigenvalue weighted by Crippen LogP contribution is -2.08. The largest absolute Gasteiger partial charge is 0.497 e. The van der Waals surface area contributed by atoms with Crippen molar-refractivity contribution in [1.29, 1.82) is 0 Å². The maximum atomic E-state index is 13.9. The molecule has 20 heavy (non-hydrogen) atoms. The molecule has 104 valence electrons. The number of carbonyl (C=O) groups is 1. The van der Waals surface area contributed by atoms with E-state index >= 15 is 0 Å². The number of methoxy groups -OCH3 is 1. The van der Waals surface area contributed by atoms with Gasteiger partial charge in [-0.25, -0.2) is 8.78 Å². The van der Waals surface area contributed by atoms with Crippen LogP contribution >= 0.6 is 15.9 Å². The summed E-state index contributed by atoms with van der Waals surface area (Å²) < 4.78 is 32.9. The van der Waals surface area contributed by atoms with E-state index in [1.54, 1.807) is 12.1 Å². The van der Waals surface area contributed by atoms with Gasteiger partial charge in [0.1, 0.15) is 5.75 Å². The molecule has 2 aromatic carbocycles. The van der Waals surface area contributed by atoms with Gasteiger partial charge in [0.05, 0.1) is 12.7 Å². The number of hydrogen-bond acceptors (Lipinski definition) is 2. The predicted octanol–water partition coefficient (Wildman–Crippen LogP) is 4.28. The number of aryl methyl sites for hydroxylation is 1. The van der Waals surface area contributed by atoms with E-state index in [9.17, 15) is 13.6 Å². The van der Waals surface area contributed by atoms with Crippen LogP contribution in [0, 0.1) is 18.6 Å². The lowest BCUT2D eigenvalue weighted by Gasteiger charge is -2.08. The Bertz CT molecular complexity index is 684. The normalized spacial score (nSPS) is 10.4. The van der Waals surface area contributed by atoms with Gasteiger partial charge in [0.15, 0.2) is 17.4 Å². The van der Waals surface area contributed by atoms with Gasteiger partial charge < -0.3 is 4.74 Å². The highest BCUT2D eigenvalue weighted by Crippen LogP contribution is 2.26. The third-order valence-corrected chi connectivity index (χ3v) is 3.63. The number of ketones is 1. The van der Waals surface area contributed by atoms with Crippen molar-refractivity contribution in [2.24, 2.45) is 0 Å². The van der Waals surface area contributed by atoms with Crippen LogP contribution in [0.3, 0.4) is 0 Å². The molecule has 0 N–H and O–H groups in total. The van der Waals surface area contributed by atoms with Gasteiger partial charge in [-0.05, 0) is 36.8 Å². The van der Waals surface area contributed by atoms with Crippen molar-refractivity contribution < 1.29 is 18.3 Å². The molecule has 0 saturated heterocycles. The molecule has 0 bridgehead atoms. The Morgan fingerprint density at radius 3 is 2.45 bits per heavy atom. The molecular formula is C15H11BrF2O2. The van der Waals surface area contributed by atoms with Gasteiger partial charge in [-0.2, -0.15) is 0 Å². The van der Waals surface area contributed by atoms with Crippen LogP contribution in [0.2, 0.25) is 0 Å². The number of benzene rings is 2. The highest BCUT2D eigenvalue weighted by Gasteiger charge is 2.20. The van der Waals surface area contributed by atoms with Crippen LogP contribution in [-0.4, -0.2) is 12.9 Å². The molecule has 0 saturated carbocycles. The summed E-state index contributed by atoms with van der Waals surface area (Å²) in [5, 5.41) is 0. The van der Waals surface area contributed by atoms with Gasteiger partial charge in [-0.3, -0.25) is 4.79 Å². The van der Waals surface area contributed by atoms with E-state index in [0.29, 0.717) is 10.2 Å². The van der Waals surface area contributed by atoms with Crippen molar-refractivity contribution in [2.45, 2.75) is 6.92 Å². The Labute approximate surface area is 123 Å². The molecule has 0 aliphatic carbocycles. The molecule has 0 spiro atoms. The molecule has 0 aliphatic heterocycles. The Morgan fingerprint density at radius 2 is 1.80 bits per heavy atom. The molecule has 0 aliphatic rings. The predicted molar refractivity (Wildman–Crippen MR) is 75.2 cm³/mol. The first kappa shape index (κ1) is 14.7. The molecule has 0 heterocycles. The minimum Gasteiger partial charge on any atom is -0.497 e. The third-order valence-electron chi connectivity index (χ3n) is 2.94. The van der Waals surface area contributed by atoms with Crippen LogP contribution in [-0.2, 0) is 0 Å². The van der Waals surface area contributed by atoms with E-state index < -0.39 is 17.4 Å². The number of carbonyl (C=O) groups excluding carboxylic acids is 1. The first-order valence-electron chi connectivity index (χ1n) is 5.78. The minimum absolute atomic E-state index is 0.156. The third kappa shape index (κ3) is 2.58. The maximum Gasteiger partial charge on any atom is 0.197 e. The van der Waals surface area contributed by atoms with E-state index in [1.165, 1.54) is 32.2 Å². The highest BCUT2D eigenvalue weighted by molar-refractivity contribution is 9.10. The number of ether oxygens (including phenoxy) is 1. The lowest BCUT2D eigenvalue weighted by atomic mass is 10.0. The molecule has 0 unspecified atom stereocenters. The van der Waals surface area contributed by atoms with E-state index in [-0.39, 0.29) is 16.7 Å². The van der Waals surface area contributed by atoms with Crippen LogP contribution in [0.25, 0.3) is 0 Å². The molecule has 0 aromatic heterocycles. The molecule has 5 heteroatoms. The van der Waals surface area contributed by atoms with Crippen molar-refractivity contribution in [3.63, 3.8) is 0 Å². The second kappa shape index (κ2) is 5.71. The maximum absolute atomic E-state index is 13.9. The SMILES string of the molecule is COc1ccc(Br)c(C(=O)c2ccc(C)c(F)c2F)c1. The number of hydrogen-bond donors (Lipinski definition) is 0. The van der Waals surface area contributed by atoms with Gasteiger partial charge in [0, 0.05) is 10.0 Å². The van der Waals surface area contributed by atoms with Crippen molar-refractivity contribution in [1.82, 2.24) is 0 Å². The van der Waals surface area contributed by atoms with Crippen molar-refractivity contribution in [2.75, 3.05) is 7.11 Å². The molecule has 2 nitrogen and oxygen atoms in total. The fraction of sp³-hybridized carbons (Fsp3) is 0.133. The zero-order chi connectivity index (χ0) is 14.9. The second-order valence-corrected chi connectivity index (χ2v) is 5.09. The Kier molecular flexibility index (Phi) is 4.18. The van der Waals surface area contributed by atoms with Crippen molar-refractivity contribution in [3.8, 4) is 5.75 Å². The average Bonchev–Trinajstić information content (AvgIpc) is 2.45. The van der Waals surface area contributed by atoms with E-state index in [1.807, 2.05) is 0 Å². The summed E-state index contributed by atoms with van der Waals surface area (Å²) in [7, 11) is 1.46. The summed E-state index contributed by atoms with van der Waals surface area (Å²) in [6, 6.07) is 7.41. The minimum atomic E-state index is -1.13. The van der Waals surface area contributed by atoms with Crippen molar-refractivity contribution in [3.05, 3.63) is 63.1 Å². The van der Waals surface area contributed by atoms with Gasteiger partial charge in [-0.1, -0.05) is 22.0 Å². The standard InChI is InChI=1S/C15H11BrF2O2/c1-8-3-5-10(14(18)13(8)17)15(19)11-7-9(20-2)4-6-12(11)16/h3-7H,1-2H3. The Hall–Kier alpha value is -1.75. The van der Waals surface area contributed by atoms with Crippen LogP contribution in [0.5, 0.6) is 5.75 Å². The summed E-state index contributed by atoms with van der Waals surface area (Å²) in [6.45, 7) is 1.44. The zero-order valence-corrected chi connectivity index (χ0v) is 12.4. The van der Waals surface area contributed by atoms with E-state index in [4.69, 9.17) is 4.74 Å². The molecule has 2 aromatic rings. The summed E-state index contributed by atoms with van der Waals surface area (Å²) in [6.07, 6.45) is 0. The van der Waals surface area contributed by atoms with Crippen molar-refractivity contribution >= 4 is 21.7 Å². The number of halogens is 3.